The molecule has 0 radical (unpaired) electrons. The molecule has 1 aromatic heterocycles. The number of imidazole rings is 1. The monoisotopic (exact) mass is 577 g/mol. The van der Waals surface area contributed by atoms with Gasteiger partial charge < -0.3 is 9.88 Å². The van der Waals surface area contributed by atoms with Crippen molar-refractivity contribution in [2.45, 2.75) is 110 Å². The van der Waals surface area contributed by atoms with Crippen LogP contribution in [0.3, 0.4) is 0 Å². The highest BCUT2D eigenvalue weighted by atomic mass is 15.1. The molecule has 3 heteroatoms. The fourth-order valence-electron chi connectivity index (χ4n) is 6.03. The van der Waals surface area contributed by atoms with Crippen LogP contribution in [0, 0.1) is 0 Å². The van der Waals surface area contributed by atoms with Crippen LogP contribution in [0.25, 0.3) is 33.9 Å². The highest BCUT2D eigenvalue weighted by molar-refractivity contribution is 5.81. The van der Waals surface area contributed by atoms with Crippen molar-refractivity contribution in [2.24, 2.45) is 0 Å². The molecule has 0 aliphatic rings. The lowest BCUT2D eigenvalue weighted by molar-refractivity contribution is 0.529. The lowest BCUT2D eigenvalue weighted by Crippen LogP contribution is -2.18. The second-order valence-corrected chi connectivity index (χ2v) is 12.3. The molecule has 0 amide bonds. The molecule has 0 atom stereocenters. The summed E-state index contributed by atoms with van der Waals surface area (Å²) in [5.41, 5.74) is 6.70. The van der Waals surface area contributed by atoms with E-state index in [2.05, 4.69) is 109 Å². The maximum Gasteiger partial charge on any atom is 0.138 e. The Morgan fingerprint density at radius 3 is 1.49 bits per heavy atom. The summed E-state index contributed by atoms with van der Waals surface area (Å²) in [5, 5.41) is 0. The van der Waals surface area contributed by atoms with Gasteiger partial charge in [0.15, 0.2) is 0 Å². The Hall–Kier alpha value is -3.33. The van der Waals surface area contributed by atoms with E-state index in [1.165, 1.54) is 108 Å². The number of anilines is 1. The number of unbranched alkanes of at least 4 members (excludes halogenated alkanes) is 15. The van der Waals surface area contributed by atoms with Crippen LogP contribution >= 0.6 is 0 Å². The topological polar surface area (TPSA) is 31.9 Å². The first-order chi connectivity index (χ1) is 21.3. The van der Waals surface area contributed by atoms with Crippen molar-refractivity contribution in [3.63, 3.8) is 0 Å². The van der Waals surface area contributed by atoms with Gasteiger partial charge in [-0.1, -0.05) is 164 Å². The van der Waals surface area contributed by atoms with Crippen LogP contribution in [0.5, 0.6) is 0 Å². The van der Waals surface area contributed by atoms with Gasteiger partial charge in [0.1, 0.15) is 5.82 Å². The predicted molar refractivity (Wildman–Crippen MR) is 188 cm³/mol. The normalized spacial score (nSPS) is 11.2. The number of nitrogens with one attached hydrogen (secondary N) is 1. The fourth-order valence-corrected chi connectivity index (χ4v) is 6.03. The smallest absolute Gasteiger partial charge is 0.138 e. The number of rotatable bonds is 21. The van der Waals surface area contributed by atoms with Gasteiger partial charge >= 0.3 is 0 Å². The number of H-pyrrole nitrogens is 1. The minimum atomic E-state index is 0.907. The van der Waals surface area contributed by atoms with E-state index < -0.39 is 0 Å². The Bertz CT molecular complexity index is 1200. The minimum Gasteiger partial charge on any atom is -0.375 e. The van der Waals surface area contributed by atoms with Crippen LogP contribution < -0.4 is 4.90 Å². The average Bonchev–Trinajstić information content (AvgIpc) is 3.51. The first-order valence-electron chi connectivity index (χ1n) is 17.3. The van der Waals surface area contributed by atoms with E-state index in [1.807, 2.05) is 0 Å². The number of nitrogens with zero attached hydrogens (tertiary/aromatic N) is 2. The maximum absolute atomic E-state index is 5.06. The number of aromatic nitrogens is 2. The minimum absolute atomic E-state index is 0.907. The number of hydrogen-bond acceptors (Lipinski definition) is 2. The molecule has 43 heavy (non-hydrogen) atoms. The van der Waals surface area contributed by atoms with E-state index in [0.29, 0.717) is 0 Å². The number of hydrogen-bond donors (Lipinski definition) is 1. The van der Waals surface area contributed by atoms with Crippen molar-refractivity contribution in [3.8, 4) is 33.9 Å². The molecule has 1 heterocycles. The van der Waals surface area contributed by atoms with Gasteiger partial charge in [0.05, 0.1) is 11.4 Å². The molecule has 1 N–H and O–H groups in total. The first kappa shape index (κ1) is 32.6. The Morgan fingerprint density at radius 2 is 0.977 bits per heavy atom. The van der Waals surface area contributed by atoms with Crippen molar-refractivity contribution >= 4 is 5.69 Å². The lowest BCUT2D eigenvalue weighted by atomic mass is 10.0. The van der Waals surface area contributed by atoms with Crippen molar-refractivity contribution in [3.05, 3.63) is 84.9 Å². The molecule has 0 aliphatic heterocycles. The molecule has 0 bridgehead atoms. The van der Waals surface area contributed by atoms with Crippen molar-refractivity contribution in [2.75, 3.05) is 18.5 Å². The molecule has 0 fully saturated rings. The molecular weight excluding hydrogens is 522 g/mol. The van der Waals surface area contributed by atoms with Gasteiger partial charge in [-0.3, -0.25) is 0 Å². The quantitative estimate of drug-likeness (QED) is 0.0999. The Kier molecular flexibility index (Phi) is 14.4. The molecule has 0 aliphatic carbocycles. The van der Waals surface area contributed by atoms with E-state index in [-0.39, 0.29) is 0 Å². The van der Waals surface area contributed by atoms with E-state index in [0.717, 1.165) is 40.4 Å². The molecule has 0 saturated carbocycles. The zero-order valence-corrected chi connectivity index (χ0v) is 27.0. The average molecular weight is 578 g/mol. The van der Waals surface area contributed by atoms with Crippen molar-refractivity contribution in [1.82, 2.24) is 9.97 Å². The molecule has 3 nitrogen and oxygen atoms in total. The second kappa shape index (κ2) is 19.1. The third-order valence-corrected chi connectivity index (χ3v) is 8.74. The highest BCUT2D eigenvalue weighted by Crippen LogP contribution is 2.33. The second-order valence-electron chi connectivity index (χ2n) is 12.3. The fraction of sp³-hybridized carbons (Fsp3) is 0.475. The van der Waals surface area contributed by atoms with Gasteiger partial charge in [-0.15, -0.1) is 0 Å². The van der Waals surface area contributed by atoms with Crippen LogP contribution in [-0.4, -0.2) is 23.6 Å². The molecule has 4 rings (SSSR count). The van der Waals surface area contributed by atoms with Crippen LogP contribution in [0.1, 0.15) is 110 Å². The molecule has 4 aromatic rings. The molecule has 0 saturated heterocycles. The largest absolute Gasteiger partial charge is 0.375 e. The van der Waals surface area contributed by atoms with E-state index in [9.17, 15) is 0 Å². The zero-order chi connectivity index (χ0) is 30.0. The summed E-state index contributed by atoms with van der Waals surface area (Å²) >= 11 is 0. The molecule has 0 spiro atoms. The summed E-state index contributed by atoms with van der Waals surface area (Å²) < 4.78 is 0. The van der Waals surface area contributed by atoms with E-state index in [4.69, 9.17) is 4.98 Å². The zero-order valence-electron chi connectivity index (χ0n) is 27.0. The summed E-state index contributed by atoms with van der Waals surface area (Å²) in [6, 6.07) is 29.8. The molecule has 0 unspecified atom stereocenters. The lowest BCUT2D eigenvalue weighted by Gasteiger charge is -2.19. The van der Waals surface area contributed by atoms with Gasteiger partial charge in [0.25, 0.3) is 0 Å². The first-order valence-corrected chi connectivity index (χ1v) is 17.3. The predicted octanol–water partition coefficient (Wildman–Crippen LogP) is 12.1. The summed E-state index contributed by atoms with van der Waals surface area (Å²) in [6.07, 6.45) is 22.6. The van der Waals surface area contributed by atoms with Gasteiger partial charge in [0.2, 0.25) is 0 Å². The summed E-state index contributed by atoms with van der Waals surface area (Å²) in [5.74, 6) is 0.907. The van der Waals surface area contributed by atoms with Crippen LogP contribution in [0.15, 0.2) is 84.9 Å². The third kappa shape index (κ3) is 11.0. The highest BCUT2D eigenvalue weighted by Gasteiger charge is 2.15. The standard InChI is InChI=1S/C40H55N3/c1-3-4-5-6-7-8-9-10-11-12-13-14-15-16-17-24-33-43(2)37-31-29-36(30-32-37)40-41-38(34-25-20-18-21-26-34)39(42-40)35-27-22-19-23-28-35/h18-23,25-32H,3-17,24,33H2,1-2H3,(H,41,42). The van der Waals surface area contributed by atoms with Crippen LogP contribution in [-0.2, 0) is 0 Å². The third-order valence-electron chi connectivity index (χ3n) is 8.74. The Morgan fingerprint density at radius 1 is 0.512 bits per heavy atom. The maximum atomic E-state index is 5.06. The van der Waals surface area contributed by atoms with Crippen molar-refractivity contribution < 1.29 is 0 Å². The summed E-state index contributed by atoms with van der Waals surface area (Å²) in [6.45, 7) is 3.40. The van der Waals surface area contributed by atoms with Crippen molar-refractivity contribution in [1.29, 1.82) is 0 Å². The molecular formula is C40H55N3. The van der Waals surface area contributed by atoms with Gasteiger partial charge in [0, 0.05) is 36.0 Å². The SMILES string of the molecule is CCCCCCCCCCCCCCCCCCN(C)c1ccc(-c2nc(-c3ccccc3)c(-c3ccccc3)[nH]2)cc1. The van der Waals surface area contributed by atoms with E-state index >= 15 is 0 Å². The Labute approximate surface area is 262 Å². The van der Waals surface area contributed by atoms with Gasteiger partial charge in [-0.25, -0.2) is 4.98 Å². The Balaban J connectivity index is 1.14. The molecule has 230 valence electrons. The van der Waals surface area contributed by atoms with Gasteiger partial charge in [-0.05, 0) is 30.7 Å². The molecule has 3 aromatic carbocycles. The summed E-state index contributed by atoms with van der Waals surface area (Å²) in [7, 11) is 2.22. The number of benzene rings is 3. The summed E-state index contributed by atoms with van der Waals surface area (Å²) in [4.78, 5) is 11.1. The van der Waals surface area contributed by atoms with Crippen LogP contribution in [0.4, 0.5) is 5.69 Å². The number of aromatic amines is 1. The van der Waals surface area contributed by atoms with Gasteiger partial charge in [-0.2, -0.15) is 0 Å². The van der Waals surface area contributed by atoms with E-state index in [1.54, 1.807) is 0 Å². The van der Waals surface area contributed by atoms with Crippen LogP contribution in [0.2, 0.25) is 0 Å².